The monoisotopic (exact) mass is 583 g/mol. The number of halogens is 3. The second-order valence-electron chi connectivity index (χ2n) is 13.1. The smallest absolute Gasteiger partial charge is 0.471 e. The molecular formula is C29H44F3NO4Si2. The van der Waals surface area contributed by atoms with Crippen molar-refractivity contribution in [3.63, 3.8) is 0 Å². The van der Waals surface area contributed by atoms with Gasteiger partial charge in [0.1, 0.15) is 17.2 Å². The van der Waals surface area contributed by atoms with Gasteiger partial charge < -0.3 is 18.9 Å². The lowest BCUT2D eigenvalue weighted by atomic mass is 10.1. The van der Waals surface area contributed by atoms with Crippen LogP contribution < -0.4 is 8.85 Å². The van der Waals surface area contributed by atoms with Gasteiger partial charge in [-0.2, -0.15) is 13.2 Å². The Morgan fingerprint density at radius 3 is 1.72 bits per heavy atom. The highest BCUT2D eigenvalue weighted by Gasteiger charge is 2.44. The largest absolute Gasteiger partial charge is 0.541 e. The van der Waals surface area contributed by atoms with Crippen molar-refractivity contribution in [2.24, 2.45) is 0 Å². The van der Waals surface area contributed by atoms with Crippen LogP contribution >= 0.6 is 0 Å². The lowest BCUT2D eigenvalue weighted by Gasteiger charge is -2.40. The fourth-order valence-electron chi connectivity index (χ4n) is 3.25. The molecule has 5 nitrogen and oxygen atoms in total. The van der Waals surface area contributed by atoms with Crippen molar-refractivity contribution >= 4 is 22.5 Å². The summed E-state index contributed by atoms with van der Waals surface area (Å²) in [7, 11) is -4.56. The Balaban J connectivity index is 2.47. The van der Waals surface area contributed by atoms with Gasteiger partial charge in [-0.3, -0.25) is 4.79 Å². The number of alkyl halides is 3. The highest BCUT2D eigenvalue weighted by atomic mass is 28.4. The fourth-order valence-corrected chi connectivity index (χ4v) is 5.29. The first-order chi connectivity index (χ1) is 17.5. The summed E-state index contributed by atoms with van der Waals surface area (Å²) in [4.78, 5) is 13.2. The molecule has 218 valence electrons. The Kier molecular flexibility index (Phi) is 9.71. The normalized spacial score (nSPS) is 13.3. The maximum atomic E-state index is 13.5. The van der Waals surface area contributed by atoms with Gasteiger partial charge in [0.25, 0.3) is 16.6 Å². The van der Waals surface area contributed by atoms with Gasteiger partial charge in [0.05, 0.1) is 0 Å². The van der Waals surface area contributed by atoms with Gasteiger partial charge in [-0.15, -0.1) is 0 Å². The Morgan fingerprint density at radius 2 is 1.26 bits per heavy atom. The maximum Gasteiger partial charge on any atom is 0.471 e. The van der Waals surface area contributed by atoms with E-state index in [1.807, 2.05) is 0 Å². The van der Waals surface area contributed by atoms with E-state index in [2.05, 4.69) is 67.7 Å². The number of phenolic OH excluding ortho intramolecular Hbond substituents is 1. The van der Waals surface area contributed by atoms with E-state index in [1.54, 1.807) is 30.3 Å². The minimum atomic E-state index is -5.00. The third-order valence-corrected chi connectivity index (χ3v) is 16.5. The van der Waals surface area contributed by atoms with Crippen LogP contribution in [0.2, 0.25) is 36.3 Å². The molecule has 39 heavy (non-hydrogen) atoms. The number of phenols is 1. The van der Waals surface area contributed by atoms with E-state index in [9.17, 15) is 23.1 Å². The number of rotatable bonds is 9. The Bertz CT molecular complexity index is 1140. The zero-order valence-corrected chi connectivity index (χ0v) is 26.9. The third-order valence-electron chi connectivity index (χ3n) is 7.86. The molecule has 0 radical (unpaired) electrons. The van der Waals surface area contributed by atoms with Crippen molar-refractivity contribution in [1.29, 1.82) is 0 Å². The molecule has 0 unspecified atom stereocenters. The van der Waals surface area contributed by atoms with Crippen LogP contribution in [0, 0.1) is 0 Å². The molecule has 0 fully saturated rings. The summed E-state index contributed by atoms with van der Waals surface area (Å²) < 4.78 is 53.8. The number of benzene rings is 2. The van der Waals surface area contributed by atoms with Gasteiger partial charge in [-0.25, -0.2) is 0 Å². The Labute approximate surface area is 233 Å². The summed E-state index contributed by atoms with van der Waals surface area (Å²) in [5.41, 5.74) is 1.24. The number of carbonyl (C=O) groups excluding carboxylic acids is 1. The molecule has 0 aliphatic carbocycles. The number of hydrogen-bond acceptors (Lipinski definition) is 4. The van der Waals surface area contributed by atoms with Crippen LogP contribution in [0.1, 0.15) is 52.7 Å². The van der Waals surface area contributed by atoms with Crippen molar-refractivity contribution < 1.29 is 31.9 Å². The van der Waals surface area contributed by atoms with Gasteiger partial charge in [-0.1, -0.05) is 59.7 Å². The van der Waals surface area contributed by atoms with Crippen molar-refractivity contribution in [3.8, 4) is 17.2 Å². The lowest BCUT2D eigenvalue weighted by Crippen LogP contribution is -2.45. The SMILES string of the molecule is CC(C)(C)[Si](C)(C)Oc1ccc(CN(CCc2ccc(O)cc2)C(=O)C(F)(F)F)cc1O[Si](C)(C)C(C)(C)C. The van der Waals surface area contributed by atoms with Crippen LogP contribution in [0.5, 0.6) is 17.2 Å². The van der Waals surface area contributed by atoms with Crippen molar-refractivity contribution in [3.05, 3.63) is 53.6 Å². The molecule has 0 spiro atoms. The summed E-state index contributed by atoms with van der Waals surface area (Å²) in [5.74, 6) is -0.749. The number of carbonyl (C=O) groups is 1. The molecule has 0 atom stereocenters. The molecule has 2 rings (SSSR count). The zero-order valence-electron chi connectivity index (χ0n) is 24.9. The number of amides is 1. The minimum absolute atomic E-state index is 0.0654. The first kappa shape index (κ1) is 32.7. The average Bonchev–Trinajstić information content (AvgIpc) is 2.76. The van der Waals surface area contributed by atoms with Crippen molar-refractivity contribution in [2.75, 3.05) is 6.54 Å². The number of hydrogen-bond donors (Lipinski definition) is 1. The van der Waals surface area contributed by atoms with Crippen molar-refractivity contribution in [1.82, 2.24) is 4.90 Å². The van der Waals surface area contributed by atoms with E-state index < -0.39 is 28.7 Å². The molecule has 0 aliphatic heterocycles. The van der Waals surface area contributed by atoms with Gasteiger partial charge in [0.2, 0.25) is 0 Å². The van der Waals surface area contributed by atoms with Gasteiger partial charge in [0, 0.05) is 13.1 Å². The van der Waals surface area contributed by atoms with E-state index in [0.717, 1.165) is 4.90 Å². The quantitative estimate of drug-likeness (QED) is 0.302. The molecule has 1 N–H and O–H groups in total. The second kappa shape index (κ2) is 11.6. The second-order valence-corrected chi connectivity index (χ2v) is 22.6. The standard InChI is InChI=1S/C29H44F3NO4Si2/c1-27(2,3)38(7,8)36-24-16-13-22(19-25(24)37-39(9,10)28(4,5)6)20-33(26(35)29(30,31)32)18-17-21-11-14-23(34)15-12-21/h11-16,19,34H,17-18,20H2,1-10H3. The average molecular weight is 584 g/mol. The molecule has 0 aromatic heterocycles. The Hall–Kier alpha value is -2.47. The lowest BCUT2D eigenvalue weighted by molar-refractivity contribution is -0.186. The molecule has 0 saturated heterocycles. The van der Waals surface area contributed by atoms with Crippen LogP contribution in [0.3, 0.4) is 0 Å². The van der Waals surface area contributed by atoms with Crippen LogP contribution in [0.4, 0.5) is 13.2 Å². The summed E-state index contributed by atoms with van der Waals surface area (Å²) >= 11 is 0. The molecule has 2 aromatic rings. The number of nitrogens with zero attached hydrogens (tertiary/aromatic N) is 1. The molecular weight excluding hydrogens is 539 g/mol. The van der Waals surface area contributed by atoms with E-state index in [4.69, 9.17) is 8.85 Å². The summed E-state index contributed by atoms with van der Waals surface area (Å²) in [6, 6.07) is 11.4. The third kappa shape index (κ3) is 8.76. The Morgan fingerprint density at radius 1 is 0.795 bits per heavy atom. The first-order valence-electron chi connectivity index (χ1n) is 13.2. The molecule has 0 aliphatic rings. The molecule has 0 heterocycles. The molecule has 1 amide bonds. The van der Waals surface area contributed by atoms with Gasteiger partial charge >= 0.3 is 12.1 Å². The first-order valence-corrected chi connectivity index (χ1v) is 19.0. The van der Waals surface area contributed by atoms with E-state index >= 15 is 0 Å². The highest BCUT2D eigenvalue weighted by Crippen LogP contribution is 2.44. The topological polar surface area (TPSA) is 59.0 Å². The summed E-state index contributed by atoms with van der Waals surface area (Å²) in [6.07, 6.45) is -4.79. The van der Waals surface area contributed by atoms with Crippen LogP contribution in [-0.2, 0) is 17.8 Å². The fraction of sp³-hybridized carbons (Fsp3) is 0.552. The molecule has 0 bridgehead atoms. The predicted molar refractivity (Wildman–Crippen MR) is 155 cm³/mol. The highest BCUT2D eigenvalue weighted by molar-refractivity contribution is 6.75. The van der Waals surface area contributed by atoms with Crippen LogP contribution in [0.15, 0.2) is 42.5 Å². The summed E-state index contributed by atoms with van der Waals surface area (Å²) in [5, 5.41) is 9.31. The van der Waals surface area contributed by atoms with E-state index in [1.165, 1.54) is 12.1 Å². The van der Waals surface area contributed by atoms with E-state index in [0.29, 0.717) is 22.6 Å². The maximum absolute atomic E-state index is 13.5. The summed E-state index contributed by atoms with van der Waals surface area (Å²) in [6.45, 7) is 20.9. The number of aromatic hydroxyl groups is 1. The van der Waals surface area contributed by atoms with Crippen LogP contribution in [-0.4, -0.2) is 45.3 Å². The van der Waals surface area contributed by atoms with E-state index in [-0.39, 0.29) is 35.3 Å². The van der Waals surface area contributed by atoms with Crippen LogP contribution in [0.25, 0.3) is 0 Å². The predicted octanol–water partition coefficient (Wildman–Crippen LogP) is 8.29. The molecule has 2 aromatic carbocycles. The molecule has 0 saturated carbocycles. The molecule has 10 heteroatoms. The van der Waals surface area contributed by atoms with Gasteiger partial charge in [0.15, 0.2) is 0 Å². The zero-order chi connectivity index (χ0) is 30.0. The minimum Gasteiger partial charge on any atom is -0.541 e. The van der Waals surface area contributed by atoms with Crippen molar-refractivity contribution in [2.45, 2.75) is 96.9 Å². The van der Waals surface area contributed by atoms with Gasteiger partial charge in [-0.05, 0) is 78.1 Å².